The lowest BCUT2D eigenvalue weighted by Gasteiger charge is -2.36. The highest BCUT2D eigenvalue weighted by Crippen LogP contribution is 2.22. The molecule has 0 aromatic heterocycles. The van der Waals surface area contributed by atoms with Crippen LogP contribution in [0.5, 0.6) is 0 Å². The van der Waals surface area contributed by atoms with Gasteiger partial charge in [0.1, 0.15) is 0 Å². The fraction of sp³-hybridized carbons (Fsp3) is 0.882. The fourth-order valence-electron chi connectivity index (χ4n) is 3.14. The summed E-state index contributed by atoms with van der Waals surface area (Å²) in [6, 6.07) is 0.0884. The molecule has 5 nitrogen and oxygen atoms in total. The van der Waals surface area contributed by atoms with E-state index in [0.29, 0.717) is 25.4 Å². The number of rotatable bonds is 9. The van der Waals surface area contributed by atoms with Gasteiger partial charge in [0.15, 0.2) is 0 Å². The molecule has 1 aliphatic heterocycles. The maximum absolute atomic E-state index is 12.4. The average molecular weight is 313 g/mol. The third kappa shape index (κ3) is 7.25. The van der Waals surface area contributed by atoms with Crippen LogP contribution in [0.1, 0.15) is 65.7 Å². The molecule has 1 saturated heterocycles. The predicted octanol–water partition coefficient (Wildman–Crippen LogP) is 3.07. The minimum Gasteiger partial charge on any atom is -0.481 e. The molecule has 1 fully saturated rings. The van der Waals surface area contributed by atoms with Crippen LogP contribution < -0.4 is 0 Å². The number of hydrogen-bond acceptors (Lipinski definition) is 3. The largest absolute Gasteiger partial charge is 0.481 e. The highest BCUT2D eigenvalue weighted by Gasteiger charge is 2.26. The molecular formula is C17H31NO4. The number of amides is 1. The quantitative estimate of drug-likeness (QED) is 0.710. The fourth-order valence-corrected chi connectivity index (χ4v) is 3.14. The summed E-state index contributed by atoms with van der Waals surface area (Å²) < 4.78 is 5.71. The molecule has 0 radical (unpaired) electrons. The Bertz CT molecular complexity index is 357. The van der Waals surface area contributed by atoms with E-state index in [9.17, 15) is 9.59 Å². The van der Waals surface area contributed by atoms with Crippen LogP contribution in [0.3, 0.4) is 0 Å². The van der Waals surface area contributed by atoms with Crippen LogP contribution in [-0.2, 0) is 14.3 Å². The first kappa shape index (κ1) is 18.9. The monoisotopic (exact) mass is 313 g/mol. The summed E-state index contributed by atoms with van der Waals surface area (Å²) in [7, 11) is 0. The van der Waals surface area contributed by atoms with Gasteiger partial charge < -0.3 is 14.7 Å². The lowest BCUT2D eigenvalue weighted by molar-refractivity contribution is -0.140. The van der Waals surface area contributed by atoms with E-state index >= 15 is 0 Å². The molecule has 22 heavy (non-hydrogen) atoms. The Kier molecular flexibility index (Phi) is 8.46. The second-order valence-electron chi connectivity index (χ2n) is 6.73. The number of likely N-dealkylation sites (tertiary alicyclic amines) is 1. The van der Waals surface area contributed by atoms with E-state index in [0.717, 1.165) is 32.2 Å². The molecule has 5 heteroatoms. The standard InChI is InChI=1S/C17H31NO4/c1-13(2)12-14(3)22-11-9-16(19)18-10-5-4-6-15(18)7-8-17(20)21/h13-15H,4-12H2,1-3H3,(H,20,21). The molecule has 0 aromatic carbocycles. The molecule has 2 unspecified atom stereocenters. The third-order valence-corrected chi connectivity index (χ3v) is 4.16. The maximum atomic E-state index is 12.4. The van der Waals surface area contributed by atoms with Crippen LogP contribution in [-0.4, -0.2) is 47.2 Å². The number of piperidine rings is 1. The summed E-state index contributed by atoms with van der Waals surface area (Å²) in [5.74, 6) is -0.0937. The molecule has 128 valence electrons. The SMILES string of the molecule is CC(C)CC(C)OCCC(=O)N1CCCCC1CCC(=O)O. The van der Waals surface area contributed by atoms with Crippen LogP contribution in [0.15, 0.2) is 0 Å². The Morgan fingerprint density at radius 3 is 2.59 bits per heavy atom. The van der Waals surface area contributed by atoms with Gasteiger partial charge in [0, 0.05) is 19.0 Å². The van der Waals surface area contributed by atoms with Crippen molar-refractivity contribution in [1.29, 1.82) is 0 Å². The molecule has 1 amide bonds. The summed E-state index contributed by atoms with van der Waals surface area (Å²) in [6.45, 7) is 7.57. The number of carboxylic acid groups (broad SMARTS) is 1. The van der Waals surface area contributed by atoms with Crippen molar-refractivity contribution in [3.63, 3.8) is 0 Å². The Morgan fingerprint density at radius 2 is 1.95 bits per heavy atom. The van der Waals surface area contributed by atoms with E-state index in [-0.39, 0.29) is 24.5 Å². The highest BCUT2D eigenvalue weighted by atomic mass is 16.5. The van der Waals surface area contributed by atoms with Crippen molar-refractivity contribution in [3.8, 4) is 0 Å². The maximum Gasteiger partial charge on any atom is 0.303 e. The van der Waals surface area contributed by atoms with Gasteiger partial charge in [-0.1, -0.05) is 13.8 Å². The van der Waals surface area contributed by atoms with Crippen molar-refractivity contribution in [2.24, 2.45) is 5.92 Å². The molecule has 0 aromatic rings. The molecule has 1 aliphatic rings. The van der Waals surface area contributed by atoms with E-state index in [1.807, 2.05) is 11.8 Å². The minimum absolute atomic E-state index is 0.0884. The number of ether oxygens (including phenoxy) is 1. The van der Waals surface area contributed by atoms with Crippen LogP contribution in [0, 0.1) is 5.92 Å². The molecule has 0 aliphatic carbocycles. The Hall–Kier alpha value is -1.10. The van der Waals surface area contributed by atoms with E-state index in [4.69, 9.17) is 9.84 Å². The summed E-state index contributed by atoms with van der Waals surface area (Å²) in [5.41, 5.74) is 0. The zero-order valence-electron chi connectivity index (χ0n) is 14.2. The second-order valence-corrected chi connectivity index (χ2v) is 6.73. The van der Waals surface area contributed by atoms with Gasteiger partial charge in [0.2, 0.25) is 5.91 Å². The number of carboxylic acids is 1. The summed E-state index contributed by atoms with van der Waals surface area (Å²) >= 11 is 0. The zero-order valence-corrected chi connectivity index (χ0v) is 14.2. The summed E-state index contributed by atoms with van der Waals surface area (Å²) in [5, 5.41) is 8.82. The second kappa shape index (κ2) is 9.82. The molecular weight excluding hydrogens is 282 g/mol. The smallest absolute Gasteiger partial charge is 0.303 e. The highest BCUT2D eigenvalue weighted by molar-refractivity contribution is 5.76. The van der Waals surface area contributed by atoms with Gasteiger partial charge in [-0.3, -0.25) is 9.59 Å². The van der Waals surface area contributed by atoms with Crippen molar-refractivity contribution >= 4 is 11.9 Å². The van der Waals surface area contributed by atoms with Gasteiger partial charge in [0.25, 0.3) is 0 Å². The Balaban J connectivity index is 2.36. The van der Waals surface area contributed by atoms with Gasteiger partial charge in [-0.05, 0) is 44.9 Å². The van der Waals surface area contributed by atoms with Gasteiger partial charge >= 0.3 is 5.97 Å². The van der Waals surface area contributed by atoms with Crippen molar-refractivity contribution in [2.75, 3.05) is 13.2 Å². The number of hydrogen-bond donors (Lipinski definition) is 1. The normalized spacial score (nSPS) is 20.2. The van der Waals surface area contributed by atoms with Crippen molar-refractivity contribution in [2.45, 2.75) is 77.9 Å². The van der Waals surface area contributed by atoms with Gasteiger partial charge in [-0.2, -0.15) is 0 Å². The lowest BCUT2D eigenvalue weighted by Crippen LogP contribution is -2.44. The predicted molar refractivity (Wildman–Crippen MR) is 85.7 cm³/mol. The van der Waals surface area contributed by atoms with E-state index in [1.54, 1.807) is 0 Å². The van der Waals surface area contributed by atoms with Crippen LogP contribution in [0.25, 0.3) is 0 Å². The van der Waals surface area contributed by atoms with Crippen LogP contribution in [0.2, 0.25) is 0 Å². The number of carbonyl (C=O) groups excluding carboxylic acids is 1. The third-order valence-electron chi connectivity index (χ3n) is 4.16. The topological polar surface area (TPSA) is 66.8 Å². The van der Waals surface area contributed by atoms with Gasteiger partial charge in [-0.15, -0.1) is 0 Å². The first-order valence-electron chi connectivity index (χ1n) is 8.53. The summed E-state index contributed by atoms with van der Waals surface area (Å²) in [6.07, 6.45) is 5.28. The van der Waals surface area contributed by atoms with E-state index in [2.05, 4.69) is 13.8 Å². The molecule has 0 saturated carbocycles. The van der Waals surface area contributed by atoms with Gasteiger partial charge in [0.05, 0.1) is 19.1 Å². The minimum atomic E-state index is -0.788. The van der Waals surface area contributed by atoms with Crippen molar-refractivity contribution < 1.29 is 19.4 Å². The van der Waals surface area contributed by atoms with Crippen LogP contribution in [0.4, 0.5) is 0 Å². The first-order chi connectivity index (χ1) is 10.4. The van der Waals surface area contributed by atoms with Gasteiger partial charge in [-0.25, -0.2) is 0 Å². The average Bonchev–Trinajstić information content (AvgIpc) is 2.44. The van der Waals surface area contributed by atoms with Crippen molar-refractivity contribution in [1.82, 2.24) is 4.90 Å². The molecule has 0 spiro atoms. The zero-order chi connectivity index (χ0) is 16.5. The van der Waals surface area contributed by atoms with E-state index < -0.39 is 5.97 Å². The van der Waals surface area contributed by atoms with Crippen molar-refractivity contribution in [3.05, 3.63) is 0 Å². The molecule has 2 atom stereocenters. The lowest BCUT2D eigenvalue weighted by atomic mass is 9.97. The number of carbonyl (C=O) groups is 2. The summed E-state index contributed by atoms with van der Waals surface area (Å²) in [4.78, 5) is 25.0. The van der Waals surface area contributed by atoms with Crippen LogP contribution >= 0.6 is 0 Å². The number of aliphatic carboxylic acids is 1. The molecule has 0 bridgehead atoms. The number of nitrogens with zero attached hydrogens (tertiary/aromatic N) is 1. The first-order valence-corrected chi connectivity index (χ1v) is 8.53. The Labute approximate surface area is 134 Å². The molecule has 1 rings (SSSR count). The Morgan fingerprint density at radius 1 is 1.23 bits per heavy atom. The molecule has 1 N–H and O–H groups in total. The molecule has 1 heterocycles. The van der Waals surface area contributed by atoms with E-state index in [1.165, 1.54) is 0 Å².